The zero-order valence-electron chi connectivity index (χ0n) is 16.0. The van der Waals surface area contributed by atoms with E-state index in [0.717, 1.165) is 5.56 Å². The molecule has 0 saturated carbocycles. The first-order valence-corrected chi connectivity index (χ1v) is 9.08. The van der Waals surface area contributed by atoms with Gasteiger partial charge in [-0.1, -0.05) is 12.1 Å². The van der Waals surface area contributed by atoms with Crippen LogP contribution < -0.4 is 15.9 Å². The molecule has 12 nitrogen and oxygen atoms in total. The first kappa shape index (κ1) is 20.0. The number of para-hydroxylation sites is 1. The topological polar surface area (TPSA) is 173 Å². The highest BCUT2D eigenvalue weighted by Gasteiger charge is 2.44. The quantitative estimate of drug-likeness (QED) is 0.260. The molecule has 1 aliphatic rings. The smallest absolute Gasteiger partial charge is 0.247 e. The van der Waals surface area contributed by atoms with Gasteiger partial charge in [0.05, 0.1) is 26.3 Å². The second-order valence-electron chi connectivity index (χ2n) is 6.60. The average molecular weight is 415 g/mol. The van der Waals surface area contributed by atoms with Gasteiger partial charge in [0, 0.05) is 5.56 Å². The van der Waals surface area contributed by atoms with E-state index < -0.39 is 31.1 Å². The van der Waals surface area contributed by atoms with E-state index >= 15 is 0 Å². The van der Waals surface area contributed by atoms with Crippen LogP contribution in [-0.2, 0) is 4.74 Å². The molecule has 1 fully saturated rings. The number of aromatic nitrogens is 4. The van der Waals surface area contributed by atoms with E-state index in [1.807, 2.05) is 18.2 Å². The van der Waals surface area contributed by atoms with Crippen LogP contribution >= 0.6 is 0 Å². The molecule has 3 aromatic rings. The number of aliphatic hydroxyl groups is 3. The lowest BCUT2D eigenvalue weighted by molar-refractivity contribution is -0.0511. The molecule has 0 aliphatic carbocycles. The molecule has 0 radical (unpaired) electrons. The number of ether oxygens (including phenoxy) is 2. The number of hydrogen-bond donors (Lipinski definition) is 5. The Hall–Kier alpha value is -3.32. The highest BCUT2D eigenvalue weighted by molar-refractivity contribution is 5.85. The van der Waals surface area contributed by atoms with Crippen molar-refractivity contribution >= 4 is 29.1 Å². The summed E-state index contributed by atoms with van der Waals surface area (Å²) >= 11 is 0. The van der Waals surface area contributed by atoms with Crippen molar-refractivity contribution in [2.24, 2.45) is 5.10 Å². The molecule has 12 heteroatoms. The summed E-state index contributed by atoms with van der Waals surface area (Å²) in [6.45, 7) is -0.442. The first-order chi connectivity index (χ1) is 14.5. The van der Waals surface area contributed by atoms with Crippen LogP contribution in [-0.4, -0.2) is 73.1 Å². The van der Waals surface area contributed by atoms with Crippen LogP contribution in [0, 0.1) is 0 Å². The first-order valence-electron chi connectivity index (χ1n) is 9.08. The standard InChI is InChI=1S/C18H21N7O5/c1-29-10-5-3-2-4-9(10)6-21-24-18-22-15(19)12-16(23-18)25(8-20-12)17-14(28)13(27)11(7-26)30-17/h2-6,8,11,13-14,17,26-28H,7H2,1H3,(H3,19,22,23,24)/b21-6+/t11-,13-,14-,17-/m1/s1. The highest BCUT2D eigenvalue weighted by Crippen LogP contribution is 2.32. The lowest BCUT2D eigenvalue weighted by Crippen LogP contribution is -2.33. The van der Waals surface area contributed by atoms with Crippen LogP contribution in [0.3, 0.4) is 0 Å². The molecule has 3 heterocycles. The van der Waals surface area contributed by atoms with E-state index in [1.165, 1.54) is 10.9 Å². The third-order valence-corrected chi connectivity index (χ3v) is 4.75. The molecule has 1 saturated heterocycles. The van der Waals surface area contributed by atoms with E-state index in [9.17, 15) is 15.3 Å². The van der Waals surface area contributed by atoms with Gasteiger partial charge in [-0.2, -0.15) is 15.1 Å². The number of fused-ring (bicyclic) bond motifs is 1. The van der Waals surface area contributed by atoms with Crippen molar-refractivity contribution in [1.29, 1.82) is 0 Å². The van der Waals surface area contributed by atoms with E-state index in [0.29, 0.717) is 11.3 Å². The van der Waals surface area contributed by atoms with Gasteiger partial charge in [0.1, 0.15) is 29.6 Å². The molecule has 4 rings (SSSR count). The minimum Gasteiger partial charge on any atom is -0.496 e. The summed E-state index contributed by atoms with van der Waals surface area (Å²) in [5.41, 5.74) is 10.0. The molecule has 0 bridgehead atoms. The van der Waals surface area contributed by atoms with E-state index in [-0.39, 0.29) is 17.4 Å². The fourth-order valence-corrected chi connectivity index (χ4v) is 3.22. The van der Waals surface area contributed by atoms with Crippen LogP contribution in [0.5, 0.6) is 5.75 Å². The largest absolute Gasteiger partial charge is 0.496 e. The third-order valence-electron chi connectivity index (χ3n) is 4.75. The summed E-state index contributed by atoms with van der Waals surface area (Å²) < 4.78 is 12.2. The normalized spacial score (nSPS) is 24.0. The van der Waals surface area contributed by atoms with Crippen LogP contribution in [0.4, 0.5) is 11.8 Å². The summed E-state index contributed by atoms with van der Waals surface area (Å²) in [7, 11) is 1.57. The summed E-state index contributed by atoms with van der Waals surface area (Å²) in [4.78, 5) is 12.6. The van der Waals surface area contributed by atoms with Crippen LogP contribution in [0.1, 0.15) is 11.8 Å². The summed E-state index contributed by atoms with van der Waals surface area (Å²) in [5, 5.41) is 33.7. The monoisotopic (exact) mass is 415 g/mol. The van der Waals surface area contributed by atoms with Gasteiger partial charge in [-0.05, 0) is 12.1 Å². The van der Waals surface area contributed by atoms with Crippen LogP contribution in [0.25, 0.3) is 11.2 Å². The fourth-order valence-electron chi connectivity index (χ4n) is 3.22. The Labute approximate surface area is 170 Å². The average Bonchev–Trinajstić information content (AvgIpc) is 3.30. The second kappa shape index (κ2) is 8.20. The second-order valence-corrected chi connectivity index (χ2v) is 6.60. The predicted octanol–water partition coefficient (Wildman–Crippen LogP) is -0.525. The van der Waals surface area contributed by atoms with Gasteiger partial charge in [0.2, 0.25) is 5.95 Å². The highest BCUT2D eigenvalue weighted by atomic mass is 16.6. The van der Waals surface area contributed by atoms with Crippen molar-refractivity contribution < 1.29 is 24.8 Å². The Morgan fingerprint density at radius 2 is 2.10 bits per heavy atom. The summed E-state index contributed by atoms with van der Waals surface area (Å²) in [6, 6.07) is 7.34. The Morgan fingerprint density at radius 3 is 2.83 bits per heavy atom. The molecule has 30 heavy (non-hydrogen) atoms. The number of nitrogens with two attached hydrogens (primary N) is 1. The summed E-state index contributed by atoms with van der Waals surface area (Å²) in [6.07, 6.45) is -1.54. The molecule has 1 aromatic carbocycles. The van der Waals surface area contributed by atoms with Crippen molar-refractivity contribution in [3.05, 3.63) is 36.2 Å². The van der Waals surface area contributed by atoms with Crippen LogP contribution in [0.15, 0.2) is 35.7 Å². The van der Waals surface area contributed by atoms with E-state index in [4.69, 9.17) is 15.2 Å². The van der Waals surface area contributed by atoms with Gasteiger partial charge in [-0.25, -0.2) is 10.4 Å². The lowest BCUT2D eigenvalue weighted by atomic mass is 10.1. The number of aliphatic hydroxyl groups excluding tert-OH is 3. The molecule has 158 valence electrons. The molecular formula is C18H21N7O5. The molecule has 0 spiro atoms. The maximum atomic E-state index is 10.3. The van der Waals surface area contributed by atoms with Gasteiger partial charge in [-0.15, -0.1) is 0 Å². The molecule has 0 amide bonds. The minimum atomic E-state index is -1.28. The lowest BCUT2D eigenvalue weighted by Gasteiger charge is -2.16. The maximum Gasteiger partial charge on any atom is 0.247 e. The number of nitrogens with zero attached hydrogens (tertiary/aromatic N) is 5. The molecule has 6 N–H and O–H groups in total. The molecule has 1 aliphatic heterocycles. The maximum absolute atomic E-state index is 10.3. The predicted molar refractivity (Wildman–Crippen MR) is 107 cm³/mol. The van der Waals surface area contributed by atoms with Gasteiger partial charge in [0.25, 0.3) is 0 Å². The van der Waals surface area contributed by atoms with Gasteiger partial charge in [0.15, 0.2) is 17.7 Å². The zero-order valence-corrected chi connectivity index (χ0v) is 16.0. The fraction of sp³-hybridized carbons (Fsp3) is 0.333. The number of hydrazone groups is 1. The number of imidazole rings is 1. The van der Waals surface area contributed by atoms with Crippen molar-refractivity contribution in [2.45, 2.75) is 24.5 Å². The van der Waals surface area contributed by atoms with Crippen molar-refractivity contribution in [2.75, 3.05) is 24.9 Å². The van der Waals surface area contributed by atoms with Gasteiger partial charge < -0.3 is 30.5 Å². The zero-order chi connectivity index (χ0) is 21.3. The number of rotatable bonds is 6. The number of hydrogen-bond acceptors (Lipinski definition) is 11. The summed E-state index contributed by atoms with van der Waals surface area (Å²) in [5.74, 6) is 0.849. The number of methoxy groups -OCH3 is 1. The Kier molecular flexibility index (Phi) is 5.46. The van der Waals surface area contributed by atoms with Crippen molar-refractivity contribution in [3.8, 4) is 5.75 Å². The van der Waals surface area contributed by atoms with Crippen LogP contribution in [0.2, 0.25) is 0 Å². The number of nitrogens with one attached hydrogen (secondary N) is 1. The van der Waals surface area contributed by atoms with Crippen molar-refractivity contribution in [1.82, 2.24) is 19.5 Å². The number of nitrogen functional groups attached to an aromatic ring is 1. The number of benzene rings is 1. The Bertz CT molecular complexity index is 1070. The minimum absolute atomic E-state index is 0.0969. The van der Waals surface area contributed by atoms with E-state index in [1.54, 1.807) is 19.4 Å². The third kappa shape index (κ3) is 3.52. The Morgan fingerprint density at radius 1 is 1.30 bits per heavy atom. The molecule has 0 unspecified atom stereocenters. The van der Waals surface area contributed by atoms with Gasteiger partial charge >= 0.3 is 0 Å². The van der Waals surface area contributed by atoms with Crippen molar-refractivity contribution in [3.63, 3.8) is 0 Å². The molecule has 4 atom stereocenters. The number of anilines is 2. The SMILES string of the molecule is COc1ccccc1/C=N/Nc1nc(N)c2ncn([C@@H]3O[C@H](CO)[C@@H](O)[C@H]3O)c2n1. The van der Waals surface area contributed by atoms with Gasteiger partial charge in [-0.3, -0.25) is 4.57 Å². The van der Waals surface area contributed by atoms with E-state index in [2.05, 4.69) is 25.5 Å². The Balaban J connectivity index is 1.62. The molecular weight excluding hydrogens is 394 g/mol. The molecule has 2 aromatic heterocycles.